The van der Waals surface area contributed by atoms with Crippen LogP contribution in [0.3, 0.4) is 0 Å². The lowest BCUT2D eigenvalue weighted by atomic mass is 10.1. The summed E-state index contributed by atoms with van der Waals surface area (Å²) in [6, 6.07) is 6.31. The molecule has 1 atom stereocenters. The van der Waals surface area contributed by atoms with E-state index in [1.54, 1.807) is 25.1 Å². The third kappa shape index (κ3) is 5.71. The summed E-state index contributed by atoms with van der Waals surface area (Å²) in [6.07, 6.45) is -0.566. The van der Waals surface area contributed by atoms with E-state index in [1.807, 2.05) is 0 Å². The quantitative estimate of drug-likeness (QED) is 0.783. The number of nitrogens with one attached hydrogen (secondary N) is 1. The molecule has 0 radical (unpaired) electrons. The summed E-state index contributed by atoms with van der Waals surface area (Å²) in [5.74, 6) is -1.12. The van der Waals surface area contributed by atoms with Gasteiger partial charge in [-0.2, -0.15) is 0 Å². The Morgan fingerprint density at radius 2 is 2.16 bits per heavy atom. The molecule has 106 valence electrons. The lowest BCUT2D eigenvalue weighted by molar-refractivity contribution is -0.136. The van der Waals surface area contributed by atoms with Gasteiger partial charge in [-0.25, -0.2) is 8.42 Å². The molecule has 6 nitrogen and oxygen atoms in total. The van der Waals surface area contributed by atoms with E-state index >= 15 is 0 Å². The third-order valence-electron chi connectivity index (χ3n) is 2.41. The topological polar surface area (TPSA) is 92.7 Å². The van der Waals surface area contributed by atoms with E-state index in [9.17, 15) is 13.2 Å². The number of carboxylic acid groups (broad SMARTS) is 1. The predicted molar refractivity (Wildman–Crippen MR) is 71.7 cm³/mol. The van der Waals surface area contributed by atoms with Gasteiger partial charge in [-0.15, -0.1) is 0 Å². The molecule has 0 spiro atoms. The number of ether oxygens (including phenoxy) is 1. The smallest absolute Gasteiger partial charge is 0.307 e. The number of benzene rings is 1. The van der Waals surface area contributed by atoms with Crippen LogP contribution in [0.1, 0.15) is 12.5 Å². The van der Waals surface area contributed by atoms with Crippen LogP contribution in [0.4, 0.5) is 5.69 Å². The van der Waals surface area contributed by atoms with Gasteiger partial charge in [0.15, 0.2) is 0 Å². The first kappa shape index (κ1) is 15.5. The molecule has 0 amide bonds. The number of aliphatic carboxylic acids is 1. The van der Waals surface area contributed by atoms with Crippen molar-refractivity contribution in [3.63, 3.8) is 0 Å². The minimum Gasteiger partial charge on any atom is -0.481 e. The second-order valence-electron chi connectivity index (χ2n) is 4.20. The predicted octanol–water partition coefficient (Wildman–Crippen LogP) is 1.09. The van der Waals surface area contributed by atoms with Gasteiger partial charge in [-0.05, 0) is 24.6 Å². The highest BCUT2D eigenvalue weighted by atomic mass is 32.2. The molecule has 0 aromatic heterocycles. The van der Waals surface area contributed by atoms with Crippen molar-refractivity contribution in [2.75, 3.05) is 17.6 Å². The molecule has 0 aliphatic heterocycles. The summed E-state index contributed by atoms with van der Waals surface area (Å²) in [7, 11) is -2.08. The van der Waals surface area contributed by atoms with Crippen molar-refractivity contribution in [1.29, 1.82) is 0 Å². The second-order valence-corrected chi connectivity index (χ2v) is 5.97. The molecule has 1 rings (SSSR count). The van der Waals surface area contributed by atoms with Crippen molar-refractivity contribution >= 4 is 21.7 Å². The van der Waals surface area contributed by atoms with Crippen LogP contribution in [0.15, 0.2) is 24.3 Å². The van der Waals surface area contributed by atoms with Crippen LogP contribution in [0.25, 0.3) is 0 Å². The number of carboxylic acids is 1. The SMILES string of the molecule is COC(C)CS(=O)(=O)Nc1cccc(CC(=O)O)c1. The van der Waals surface area contributed by atoms with Crippen molar-refractivity contribution in [2.24, 2.45) is 0 Å². The monoisotopic (exact) mass is 287 g/mol. The maximum atomic E-state index is 11.8. The number of methoxy groups -OCH3 is 1. The standard InChI is InChI=1S/C12H17NO5S/c1-9(18-2)8-19(16,17)13-11-5-3-4-10(6-11)7-12(14)15/h3-6,9,13H,7-8H2,1-2H3,(H,14,15). The number of anilines is 1. The van der Waals surface area contributed by atoms with Gasteiger partial charge in [-0.3, -0.25) is 9.52 Å². The highest BCUT2D eigenvalue weighted by molar-refractivity contribution is 7.92. The fourth-order valence-corrected chi connectivity index (χ4v) is 2.84. The number of hydrogen-bond donors (Lipinski definition) is 2. The van der Waals surface area contributed by atoms with E-state index < -0.39 is 22.1 Å². The van der Waals surface area contributed by atoms with E-state index in [0.29, 0.717) is 11.3 Å². The molecule has 0 heterocycles. The van der Waals surface area contributed by atoms with E-state index in [0.717, 1.165) is 0 Å². The van der Waals surface area contributed by atoms with Gasteiger partial charge >= 0.3 is 5.97 Å². The molecule has 19 heavy (non-hydrogen) atoms. The minimum atomic E-state index is -3.51. The van der Waals surface area contributed by atoms with Crippen LogP contribution >= 0.6 is 0 Å². The van der Waals surface area contributed by atoms with E-state index in [1.165, 1.54) is 13.2 Å². The summed E-state index contributed by atoms with van der Waals surface area (Å²) in [4.78, 5) is 10.6. The van der Waals surface area contributed by atoms with Crippen molar-refractivity contribution in [3.8, 4) is 0 Å². The Morgan fingerprint density at radius 1 is 1.47 bits per heavy atom. The summed E-state index contributed by atoms with van der Waals surface area (Å²) in [5.41, 5.74) is 0.884. The molecule has 0 bridgehead atoms. The molecule has 1 aromatic carbocycles. The Balaban J connectivity index is 2.79. The fraction of sp³-hybridized carbons (Fsp3) is 0.417. The maximum Gasteiger partial charge on any atom is 0.307 e. The van der Waals surface area contributed by atoms with Crippen molar-refractivity contribution in [3.05, 3.63) is 29.8 Å². The first-order chi connectivity index (χ1) is 8.82. The number of hydrogen-bond acceptors (Lipinski definition) is 4. The molecule has 0 aliphatic rings. The average molecular weight is 287 g/mol. The van der Waals surface area contributed by atoms with E-state index in [2.05, 4.69) is 4.72 Å². The Kier molecular flexibility index (Phi) is 5.31. The fourth-order valence-electron chi connectivity index (χ4n) is 1.52. The average Bonchev–Trinajstić information content (AvgIpc) is 2.26. The first-order valence-electron chi connectivity index (χ1n) is 5.66. The highest BCUT2D eigenvalue weighted by Gasteiger charge is 2.15. The van der Waals surface area contributed by atoms with E-state index in [4.69, 9.17) is 9.84 Å². The van der Waals surface area contributed by atoms with Gasteiger partial charge in [0.05, 0.1) is 18.3 Å². The molecule has 1 aromatic rings. The van der Waals surface area contributed by atoms with Gasteiger partial charge < -0.3 is 9.84 Å². The Labute approximate surface area is 112 Å². The van der Waals surface area contributed by atoms with E-state index in [-0.39, 0.29) is 12.2 Å². The largest absolute Gasteiger partial charge is 0.481 e. The van der Waals surface area contributed by atoms with Gasteiger partial charge in [0.2, 0.25) is 10.0 Å². The lowest BCUT2D eigenvalue weighted by Gasteiger charge is -2.12. The summed E-state index contributed by atoms with van der Waals surface area (Å²) < 4.78 is 30.9. The van der Waals surface area contributed by atoms with Crippen LogP contribution in [-0.2, 0) is 26.0 Å². The van der Waals surface area contributed by atoms with Crippen LogP contribution in [-0.4, -0.2) is 38.5 Å². The summed E-state index contributed by atoms with van der Waals surface area (Å²) in [5, 5.41) is 8.69. The Hall–Kier alpha value is -1.60. The molecule has 0 aliphatic carbocycles. The molecule has 1 unspecified atom stereocenters. The third-order valence-corrected chi connectivity index (χ3v) is 3.87. The maximum absolute atomic E-state index is 11.8. The molecular formula is C12H17NO5S. The van der Waals surface area contributed by atoms with Crippen LogP contribution in [0, 0.1) is 0 Å². The van der Waals surface area contributed by atoms with Gasteiger partial charge in [0, 0.05) is 12.8 Å². The second kappa shape index (κ2) is 6.53. The zero-order valence-corrected chi connectivity index (χ0v) is 11.6. The van der Waals surface area contributed by atoms with Gasteiger partial charge in [-0.1, -0.05) is 12.1 Å². The Morgan fingerprint density at radius 3 is 2.74 bits per heavy atom. The molecule has 0 fully saturated rings. The van der Waals surface area contributed by atoms with Crippen LogP contribution in [0.5, 0.6) is 0 Å². The van der Waals surface area contributed by atoms with Crippen LogP contribution in [0.2, 0.25) is 0 Å². The van der Waals surface area contributed by atoms with Gasteiger partial charge in [0.1, 0.15) is 0 Å². The molecule has 0 saturated carbocycles. The molecule has 0 saturated heterocycles. The summed E-state index contributed by atoms with van der Waals surface area (Å²) in [6.45, 7) is 1.65. The number of carbonyl (C=O) groups is 1. The lowest BCUT2D eigenvalue weighted by Crippen LogP contribution is -2.25. The van der Waals surface area contributed by atoms with Crippen molar-refractivity contribution < 1.29 is 23.1 Å². The number of sulfonamides is 1. The molecular weight excluding hydrogens is 270 g/mol. The van der Waals surface area contributed by atoms with Crippen LogP contribution < -0.4 is 4.72 Å². The molecule has 2 N–H and O–H groups in total. The summed E-state index contributed by atoms with van der Waals surface area (Å²) >= 11 is 0. The highest BCUT2D eigenvalue weighted by Crippen LogP contribution is 2.13. The zero-order valence-electron chi connectivity index (χ0n) is 10.8. The Bertz CT molecular complexity index is 541. The van der Waals surface area contributed by atoms with Gasteiger partial charge in [0.25, 0.3) is 0 Å². The zero-order chi connectivity index (χ0) is 14.5. The first-order valence-corrected chi connectivity index (χ1v) is 7.31. The normalized spacial score (nSPS) is 12.9. The minimum absolute atomic E-state index is 0.149. The molecule has 7 heteroatoms. The number of rotatable bonds is 7. The van der Waals surface area contributed by atoms with Crippen molar-refractivity contribution in [2.45, 2.75) is 19.4 Å². The van der Waals surface area contributed by atoms with Crippen molar-refractivity contribution in [1.82, 2.24) is 0 Å².